The molecule has 8 nitrogen and oxygen atoms in total. The van der Waals surface area contributed by atoms with Crippen LogP contribution in [-0.4, -0.2) is 46.0 Å². The third-order valence-electron chi connectivity index (χ3n) is 5.21. The number of nitrogens with zero attached hydrogens (tertiary/aromatic N) is 2. The summed E-state index contributed by atoms with van der Waals surface area (Å²) in [6.07, 6.45) is 1.86. The number of hydrogen-bond donors (Lipinski definition) is 2. The molecule has 1 fully saturated rings. The van der Waals surface area contributed by atoms with E-state index in [2.05, 4.69) is 20.5 Å². The van der Waals surface area contributed by atoms with Crippen LogP contribution in [0.4, 0.5) is 5.00 Å². The van der Waals surface area contributed by atoms with Crippen molar-refractivity contribution in [3.63, 3.8) is 0 Å². The van der Waals surface area contributed by atoms with Gasteiger partial charge in [-0.15, -0.1) is 16.4 Å². The minimum absolute atomic E-state index is 0.0536. The van der Waals surface area contributed by atoms with Gasteiger partial charge in [-0.2, -0.15) is 0 Å². The SMILES string of the molecule is CCOC(=O)c1c(NC(=O)CSc2n[nH]c([C@H]3CCCO3)n2)sc(C)c1-c1ccc(C)cc1. The third kappa shape index (κ3) is 5.45. The van der Waals surface area contributed by atoms with Crippen molar-refractivity contribution in [2.24, 2.45) is 0 Å². The molecule has 1 amide bonds. The van der Waals surface area contributed by atoms with Crippen LogP contribution < -0.4 is 5.32 Å². The number of aromatic amines is 1. The summed E-state index contributed by atoms with van der Waals surface area (Å²) in [6.45, 7) is 6.69. The Bertz CT molecular complexity index is 1130. The van der Waals surface area contributed by atoms with Gasteiger partial charge < -0.3 is 14.8 Å². The topological polar surface area (TPSA) is 106 Å². The molecule has 3 aromatic rings. The van der Waals surface area contributed by atoms with Crippen LogP contribution in [0, 0.1) is 13.8 Å². The van der Waals surface area contributed by atoms with Gasteiger partial charge in [0.25, 0.3) is 0 Å². The summed E-state index contributed by atoms with van der Waals surface area (Å²) in [7, 11) is 0. The largest absolute Gasteiger partial charge is 0.462 e. The molecule has 0 spiro atoms. The number of hydrogen-bond acceptors (Lipinski definition) is 8. The summed E-state index contributed by atoms with van der Waals surface area (Å²) in [5.74, 6) is 0.111. The average Bonchev–Trinajstić information content (AvgIpc) is 3.53. The quantitative estimate of drug-likeness (QED) is 0.344. The second-order valence-corrected chi connectivity index (χ2v) is 9.83. The fraction of sp³-hybridized carbons (Fsp3) is 0.391. The molecule has 4 rings (SSSR count). The number of nitrogens with one attached hydrogen (secondary N) is 2. The summed E-state index contributed by atoms with van der Waals surface area (Å²) in [4.78, 5) is 30.9. The highest BCUT2D eigenvalue weighted by atomic mass is 32.2. The summed E-state index contributed by atoms with van der Waals surface area (Å²) in [5.41, 5.74) is 3.22. The Morgan fingerprint density at radius 1 is 1.30 bits per heavy atom. The normalized spacial score (nSPS) is 15.5. The lowest BCUT2D eigenvalue weighted by molar-refractivity contribution is -0.113. The number of amides is 1. The number of thioether (sulfide) groups is 1. The molecule has 2 N–H and O–H groups in total. The van der Waals surface area contributed by atoms with Crippen molar-refractivity contribution in [3.05, 3.63) is 46.1 Å². The zero-order valence-electron chi connectivity index (χ0n) is 18.8. The monoisotopic (exact) mass is 486 g/mol. The van der Waals surface area contributed by atoms with Crippen molar-refractivity contribution in [3.8, 4) is 11.1 Å². The lowest BCUT2D eigenvalue weighted by Crippen LogP contribution is -2.16. The van der Waals surface area contributed by atoms with Gasteiger partial charge in [-0.1, -0.05) is 41.6 Å². The molecule has 0 bridgehead atoms. The van der Waals surface area contributed by atoms with E-state index < -0.39 is 5.97 Å². The number of aromatic nitrogens is 3. The molecule has 0 unspecified atom stereocenters. The maximum absolute atomic E-state index is 12.8. The van der Waals surface area contributed by atoms with Crippen LogP contribution in [0.15, 0.2) is 29.4 Å². The fourth-order valence-electron chi connectivity index (χ4n) is 3.65. The molecule has 1 saturated heterocycles. The minimum atomic E-state index is -0.449. The van der Waals surface area contributed by atoms with Gasteiger partial charge in [-0.3, -0.25) is 9.89 Å². The molecule has 0 aliphatic carbocycles. The molecular weight excluding hydrogens is 460 g/mol. The van der Waals surface area contributed by atoms with E-state index in [0.717, 1.165) is 41.0 Å². The summed E-state index contributed by atoms with van der Waals surface area (Å²) >= 11 is 2.60. The Morgan fingerprint density at radius 2 is 2.09 bits per heavy atom. The van der Waals surface area contributed by atoms with Gasteiger partial charge in [0.15, 0.2) is 5.82 Å². The van der Waals surface area contributed by atoms with Crippen molar-refractivity contribution in [1.82, 2.24) is 15.2 Å². The number of thiophene rings is 1. The highest BCUT2D eigenvalue weighted by Crippen LogP contribution is 2.40. The molecule has 1 atom stereocenters. The van der Waals surface area contributed by atoms with Crippen LogP contribution in [-0.2, 0) is 14.3 Å². The highest BCUT2D eigenvalue weighted by molar-refractivity contribution is 7.99. The van der Waals surface area contributed by atoms with Crippen LogP contribution in [0.1, 0.15) is 52.5 Å². The fourth-order valence-corrected chi connectivity index (χ4v) is 5.34. The molecular formula is C23H26N4O4S2. The maximum Gasteiger partial charge on any atom is 0.341 e. The molecule has 2 aromatic heterocycles. The van der Waals surface area contributed by atoms with Gasteiger partial charge in [0.2, 0.25) is 11.1 Å². The number of aryl methyl sites for hydroxylation is 2. The first-order valence-corrected chi connectivity index (χ1v) is 12.6. The number of carbonyl (C=O) groups is 2. The van der Waals surface area contributed by atoms with Gasteiger partial charge in [0.1, 0.15) is 16.7 Å². The van der Waals surface area contributed by atoms with Crippen molar-refractivity contribution in [2.45, 2.75) is 44.9 Å². The molecule has 0 radical (unpaired) electrons. The number of anilines is 1. The van der Waals surface area contributed by atoms with Gasteiger partial charge in [-0.25, -0.2) is 9.78 Å². The number of ether oxygens (including phenoxy) is 2. The highest BCUT2D eigenvalue weighted by Gasteiger charge is 2.26. The van der Waals surface area contributed by atoms with E-state index in [4.69, 9.17) is 9.47 Å². The number of benzene rings is 1. The number of carbonyl (C=O) groups excluding carboxylic acids is 2. The van der Waals surface area contributed by atoms with E-state index in [-0.39, 0.29) is 24.4 Å². The molecule has 33 heavy (non-hydrogen) atoms. The number of rotatable bonds is 8. The first-order chi connectivity index (χ1) is 16.0. The van der Waals surface area contributed by atoms with E-state index in [0.29, 0.717) is 21.5 Å². The van der Waals surface area contributed by atoms with Crippen molar-refractivity contribution >= 4 is 40.0 Å². The van der Waals surface area contributed by atoms with Crippen LogP contribution in [0.2, 0.25) is 0 Å². The maximum atomic E-state index is 12.8. The van der Waals surface area contributed by atoms with Crippen molar-refractivity contribution in [2.75, 3.05) is 24.3 Å². The Kier molecular flexibility index (Phi) is 7.46. The summed E-state index contributed by atoms with van der Waals surface area (Å²) < 4.78 is 10.9. The van der Waals surface area contributed by atoms with Crippen molar-refractivity contribution < 1.29 is 19.1 Å². The second kappa shape index (κ2) is 10.5. The van der Waals surface area contributed by atoms with E-state index in [1.54, 1.807) is 6.92 Å². The minimum Gasteiger partial charge on any atom is -0.462 e. The smallest absolute Gasteiger partial charge is 0.341 e. The average molecular weight is 487 g/mol. The standard InChI is InChI=1S/C23H26N4O4S2/c1-4-30-22(29)19-18(15-9-7-13(2)8-10-15)14(3)33-21(19)24-17(28)12-32-23-25-20(26-27-23)16-6-5-11-31-16/h7-10,16H,4-6,11-12H2,1-3H3,(H,24,28)(H,25,26,27)/t16-/m1/s1. The van der Waals surface area contributed by atoms with Gasteiger partial charge in [0, 0.05) is 17.0 Å². The predicted molar refractivity (Wildman–Crippen MR) is 129 cm³/mol. The van der Waals surface area contributed by atoms with E-state index in [1.807, 2.05) is 38.1 Å². The first kappa shape index (κ1) is 23.5. The van der Waals surface area contributed by atoms with Crippen LogP contribution in [0.5, 0.6) is 0 Å². The van der Waals surface area contributed by atoms with Crippen LogP contribution in [0.3, 0.4) is 0 Å². The van der Waals surface area contributed by atoms with Gasteiger partial charge in [0.05, 0.1) is 12.4 Å². The zero-order chi connectivity index (χ0) is 23.4. The summed E-state index contributed by atoms with van der Waals surface area (Å²) in [6, 6.07) is 7.95. The molecule has 1 aliphatic rings. The van der Waals surface area contributed by atoms with Crippen LogP contribution in [0.25, 0.3) is 11.1 Å². The van der Waals surface area contributed by atoms with Crippen molar-refractivity contribution in [1.29, 1.82) is 0 Å². The predicted octanol–water partition coefficient (Wildman–Crippen LogP) is 4.91. The second-order valence-electron chi connectivity index (χ2n) is 7.67. The third-order valence-corrected chi connectivity index (χ3v) is 7.07. The lowest BCUT2D eigenvalue weighted by Gasteiger charge is -2.09. The zero-order valence-corrected chi connectivity index (χ0v) is 20.4. The van der Waals surface area contributed by atoms with E-state index >= 15 is 0 Å². The van der Waals surface area contributed by atoms with Crippen LogP contribution >= 0.6 is 23.1 Å². The number of H-pyrrole nitrogens is 1. The Hall–Kier alpha value is -2.69. The lowest BCUT2D eigenvalue weighted by atomic mass is 10.0. The molecule has 174 valence electrons. The Labute approximate surface area is 200 Å². The van der Waals surface area contributed by atoms with Gasteiger partial charge >= 0.3 is 5.97 Å². The molecule has 10 heteroatoms. The molecule has 1 aromatic carbocycles. The number of esters is 1. The van der Waals surface area contributed by atoms with E-state index in [9.17, 15) is 9.59 Å². The summed E-state index contributed by atoms with van der Waals surface area (Å²) in [5, 5.41) is 10.9. The molecule has 0 saturated carbocycles. The Morgan fingerprint density at radius 3 is 2.79 bits per heavy atom. The van der Waals surface area contributed by atoms with Gasteiger partial charge in [-0.05, 0) is 39.2 Å². The Balaban J connectivity index is 1.49. The molecule has 1 aliphatic heterocycles. The molecule has 3 heterocycles. The van der Waals surface area contributed by atoms with E-state index in [1.165, 1.54) is 23.1 Å². The first-order valence-electron chi connectivity index (χ1n) is 10.8.